The van der Waals surface area contributed by atoms with Gasteiger partial charge in [-0.3, -0.25) is 4.79 Å². The maximum absolute atomic E-state index is 13.1. The Hall–Kier alpha value is -3.80. The number of rotatable bonds is 9. The van der Waals surface area contributed by atoms with Crippen LogP contribution in [0.4, 0.5) is 5.69 Å². The van der Waals surface area contributed by atoms with Crippen molar-refractivity contribution in [2.24, 2.45) is 0 Å². The highest BCUT2D eigenvalue weighted by molar-refractivity contribution is 5.97. The largest absolute Gasteiger partial charge is 0.495 e. The lowest BCUT2D eigenvalue weighted by Crippen LogP contribution is -2.28. The molecule has 3 aromatic carbocycles. The number of hydrogen-bond donors (Lipinski definition) is 1. The summed E-state index contributed by atoms with van der Waals surface area (Å²) in [5.41, 5.74) is 3.18. The zero-order valence-corrected chi connectivity index (χ0v) is 18.5. The van der Waals surface area contributed by atoms with Crippen LogP contribution in [-0.2, 0) is 20.7 Å². The van der Waals surface area contributed by atoms with Crippen molar-refractivity contribution in [3.63, 3.8) is 0 Å². The average molecular weight is 434 g/mol. The first-order valence-electron chi connectivity index (χ1n) is 10.4. The molecule has 0 heterocycles. The van der Waals surface area contributed by atoms with E-state index in [0.29, 0.717) is 22.7 Å². The van der Waals surface area contributed by atoms with E-state index in [4.69, 9.17) is 14.2 Å². The van der Waals surface area contributed by atoms with Gasteiger partial charge in [0.2, 0.25) is 6.10 Å². The van der Waals surface area contributed by atoms with Gasteiger partial charge in [0.1, 0.15) is 11.5 Å². The Morgan fingerprint density at radius 1 is 0.969 bits per heavy atom. The molecule has 0 radical (unpaired) electrons. The second-order valence-corrected chi connectivity index (χ2v) is 7.26. The van der Waals surface area contributed by atoms with E-state index in [1.54, 1.807) is 48.5 Å². The highest BCUT2D eigenvalue weighted by atomic mass is 16.6. The van der Waals surface area contributed by atoms with Gasteiger partial charge in [0.15, 0.2) is 6.61 Å². The van der Waals surface area contributed by atoms with Crippen molar-refractivity contribution in [3.8, 4) is 11.5 Å². The van der Waals surface area contributed by atoms with Gasteiger partial charge in [0.25, 0.3) is 5.91 Å². The normalized spacial score (nSPS) is 11.3. The van der Waals surface area contributed by atoms with Crippen molar-refractivity contribution < 1.29 is 23.8 Å². The summed E-state index contributed by atoms with van der Waals surface area (Å²) in [7, 11) is 1.53. The van der Waals surface area contributed by atoms with E-state index in [0.717, 1.165) is 12.0 Å². The van der Waals surface area contributed by atoms with Gasteiger partial charge < -0.3 is 19.5 Å². The van der Waals surface area contributed by atoms with Crippen LogP contribution < -0.4 is 14.8 Å². The molecule has 6 nitrogen and oxygen atoms in total. The number of esters is 1. The molecule has 0 bridgehead atoms. The van der Waals surface area contributed by atoms with E-state index < -0.39 is 18.0 Å². The lowest BCUT2D eigenvalue weighted by Gasteiger charge is -2.19. The molecule has 0 aliphatic rings. The van der Waals surface area contributed by atoms with Crippen LogP contribution in [0.3, 0.4) is 0 Å². The third kappa shape index (κ3) is 6.11. The molecule has 32 heavy (non-hydrogen) atoms. The number of hydrogen-bond acceptors (Lipinski definition) is 5. The molecule has 1 atom stereocenters. The second kappa shape index (κ2) is 11.0. The van der Waals surface area contributed by atoms with Gasteiger partial charge >= 0.3 is 5.97 Å². The molecule has 166 valence electrons. The SMILES string of the molecule is CCc1ccc(OCC(=O)OC(C(=O)Nc2cc(C)ccc2OC)c2ccccc2)cc1. The van der Waals surface area contributed by atoms with E-state index >= 15 is 0 Å². The summed E-state index contributed by atoms with van der Waals surface area (Å²) in [5, 5.41) is 2.81. The fraction of sp³-hybridized carbons (Fsp3) is 0.231. The van der Waals surface area contributed by atoms with Crippen LogP contribution in [0.1, 0.15) is 29.7 Å². The maximum Gasteiger partial charge on any atom is 0.345 e. The van der Waals surface area contributed by atoms with E-state index in [2.05, 4.69) is 12.2 Å². The van der Waals surface area contributed by atoms with Crippen molar-refractivity contribution in [1.82, 2.24) is 0 Å². The Morgan fingerprint density at radius 2 is 1.69 bits per heavy atom. The van der Waals surface area contributed by atoms with Crippen LogP contribution in [0.2, 0.25) is 0 Å². The molecule has 0 aromatic heterocycles. The number of carbonyl (C=O) groups excluding carboxylic acids is 2. The van der Waals surface area contributed by atoms with Gasteiger partial charge in [0, 0.05) is 5.56 Å². The van der Waals surface area contributed by atoms with E-state index in [-0.39, 0.29) is 6.61 Å². The van der Waals surface area contributed by atoms with Gasteiger partial charge in [-0.2, -0.15) is 0 Å². The van der Waals surface area contributed by atoms with Gasteiger partial charge in [-0.05, 0) is 48.7 Å². The number of anilines is 1. The Kier molecular flexibility index (Phi) is 7.86. The minimum Gasteiger partial charge on any atom is -0.495 e. The predicted molar refractivity (Wildman–Crippen MR) is 123 cm³/mol. The zero-order valence-electron chi connectivity index (χ0n) is 18.5. The zero-order chi connectivity index (χ0) is 22.9. The predicted octanol–water partition coefficient (Wildman–Crippen LogP) is 4.87. The van der Waals surface area contributed by atoms with Crippen molar-refractivity contribution in [1.29, 1.82) is 0 Å². The van der Waals surface area contributed by atoms with Crippen LogP contribution in [0, 0.1) is 6.92 Å². The average Bonchev–Trinajstić information content (AvgIpc) is 2.82. The summed E-state index contributed by atoms with van der Waals surface area (Å²) in [4.78, 5) is 25.6. The quantitative estimate of drug-likeness (QED) is 0.488. The monoisotopic (exact) mass is 433 g/mol. The minimum absolute atomic E-state index is 0.310. The molecule has 1 N–H and O–H groups in total. The highest BCUT2D eigenvalue weighted by Crippen LogP contribution is 2.28. The molecule has 6 heteroatoms. The summed E-state index contributed by atoms with van der Waals surface area (Å²) in [6.07, 6.45) is -0.220. The van der Waals surface area contributed by atoms with Crippen molar-refractivity contribution in [3.05, 3.63) is 89.5 Å². The molecule has 1 amide bonds. The number of ether oxygens (including phenoxy) is 3. The van der Waals surface area contributed by atoms with Crippen molar-refractivity contribution in [2.75, 3.05) is 19.0 Å². The van der Waals surface area contributed by atoms with E-state index in [9.17, 15) is 9.59 Å². The first kappa shape index (κ1) is 22.9. The molecule has 0 aliphatic heterocycles. The second-order valence-electron chi connectivity index (χ2n) is 7.26. The fourth-order valence-corrected chi connectivity index (χ4v) is 3.15. The van der Waals surface area contributed by atoms with Crippen LogP contribution >= 0.6 is 0 Å². The van der Waals surface area contributed by atoms with Crippen LogP contribution in [-0.4, -0.2) is 25.6 Å². The topological polar surface area (TPSA) is 73.9 Å². The van der Waals surface area contributed by atoms with Crippen molar-refractivity contribution >= 4 is 17.6 Å². The smallest absolute Gasteiger partial charge is 0.345 e. The van der Waals surface area contributed by atoms with Crippen LogP contribution in [0.15, 0.2) is 72.8 Å². The van der Waals surface area contributed by atoms with Gasteiger partial charge in [-0.15, -0.1) is 0 Å². The molecule has 0 saturated carbocycles. The number of amides is 1. The van der Waals surface area contributed by atoms with Crippen molar-refractivity contribution in [2.45, 2.75) is 26.4 Å². The molecular formula is C26H27NO5. The number of benzene rings is 3. The third-order valence-corrected chi connectivity index (χ3v) is 4.89. The Balaban J connectivity index is 1.72. The lowest BCUT2D eigenvalue weighted by atomic mass is 10.1. The summed E-state index contributed by atoms with van der Waals surface area (Å²) >= 11 is 0. The number of methoxy groups -OCH3 is 1. The van der Waals surface area contributed by atoms with E-state index in [1.807, 2.05) is 31.2 Å². The summed E-state index contributed by atoms with van der Waals surface area (Å²) < 4.78 is 16.4. The van der Waals surface area contributed by atoms with Gasteiger partial charge in [-0.1, -0.05) is 55.5 Å². The van der Waals surface area contributed by atoms with Gasteiger partial charge in [-0.25, -0.2) is 4.79 Å². The molecule has 3 rings (SSSR count). The molecule has 3 aromatic rings. The Bertz CT molecular complexity index is 1050. The maximum atomic E-state index is 13.1. The fourth-order valence-electron chi connectivity index (χ4n) is 3.15. The molecule has 0 fully saturated rings. The van der Waals surface area contributed by atoms with Gasteiger partial charge in [0.05, 0.1) is 12.8 Å². The third-order valence-electron chi connectivity index (χ3n) is 4.89. The number of aryl methyl sites for hydroxylation is 2. The Morgan fingerprint density at radius 3 is 2.34 bits per heavy atom. The summed E-state index contributed by atoms with van der Waals surface area (Å²) in [6, 6.07) is 21.8. The molecular weight excluding hydrogens is 406 g/mol. The van der Waals surface area contributed by atoms with E-state index in [1.165, 1.54) is 12.7 Å². The standard InChI is InChI=1S/C26H27NO5/c1-4-19-11-13-21(14-12-19)31-17-24(28)32-25(20-8-6-5-7-9-20)26(29)27-22-16-18(2)10-15-23(22)30-3/h5-16,25H,4,17H2,1-3H3,(H,27,29). The molecule has 0 saturated heterocycles. The van der Waals surface area contributed by atoms with Crippen LogP contribution in [0.25, 0.3) is 0 Å². The summed E-state index contributed by atoms with van der Waals surface area (Å²) in [5.74, 6) is -0.0594. The lowest BCUT2D eigenvalue weighted by molar-refractivity contribution is -0.156. The first-order valence-corrected chi connectivity index (χ1v) is 10.4. The molecule has 1 unspecified atom stereocenters. The summed E-state index contributed by atoms with van der Waals surface area (Å²) in [6.45, 7) is 3.67. The van der Waals surface area contributed by atoms with Crippen LogP contribution in [0.5, 0.6) is 11.5 Å². The first-order chi connectivity index (χ1) is 15.5. The highest BCUT2D eigenvalue weighted by Gasteiger charge is 2.26. The minimum atomic E-state index is -1.14. The number of carbonyl (C=O) groups is 2. The Labute approximate surface area is 188 Å². The molecule has 0 aliphatic carbocycles. The number of nitrogens with one attached hydrogen (secondary N) is 1. The molecule has 0 spiro atoms.